The number of anilines is 1. The number of alkyl halides is 12. The van der Waals surface area contributed by atoms with Crippen molar-refractivity contribution in [3.63, 3.8) is 0 Å². The summed E-state index contributed by atoms with van der Waals surface area (Å²) >= 11 is 0. The summed E-state index contributed by atoms with van der Waals surface area (Å²) in [7, 11) is -10.0. The number of allylic oxidation sites excluding steroid dienone is 6. The molecule has 0 radical (unpaired) electrons. The van der Waals surface area contributed by atoms with Crippen molar-refractivity contribution in [1.82, 2.24) is 25.9 Å². The molecule has 0 saturated carbocycles. The van der Waals surface area contributed by atoms with Gasteiger partial charge in [0.1, 0.15) is 6.54 Å². The fourth-order valence-electron chi connectivity index (χ4n) is 11.1. The van der Waals surface area contributed by atoms with Crippen LogP contribution in [0.3, 0.4) is 0 Å². The highest BCUT2D eigenvalue weighted by atomic mass is 31.2. The number of benzene rings is 2. The predicted molar refractivity (Wildman–Crippen MR) is 364 cm³/mol. The Morgan fingerprint density at radius 3 is 1.40 bits per heavy atom. The Morgan fingerprint density at radius 2 is 0.980 bits per heavy atom. The minimum Gasteiger partial charge on any atom is -0.348 e. The summed E-state index contributed by atoms with van der Waals surface area (Å²) in [5, 5.41) is 16.5. The van der Waals surface area contributed by atoms with Crippen molar-refractivity contribution in [2.45, 2.75) is 200 Å². The third kappa shape index (κ3) is 27.0. The Morgan fingerprint density at radius 1 is 0.569 bits per heavy atom. The van der Waals surface area contributed by atoms with E-state index in [1.54, 1.807) is 57.7 Å². The van der Waals surface area contributed by atoms with Crippen LogP contribution in [0.4, 0.5) is 64.1 Å². The smallest absolute Gasteiger partial charge is 0.348 e. The van der Waals surface area contributed by atoms with Crippen LogP contribution in [-0.2, 0) is 66.3 Å². The molecule has 1 unspecified atom stereocenters. The van der Waals surface area contributed by atoms with Gasteiger partial charge >= 0.3 is 63.5 Å². The van der Waals surface area contributed by atoms with Gasteiger partial charge in [-0.05, 0) is 154 Å². The van der Waals surface area contributed by atoms with Crippen molar-refractivity contribution in [1.29, 1.82) is 5.26 Å². The summed E-state index contributed by atoms with van der Waals surface area (Å²) in [6, 6.07) is 12.4. The number of nitrogens with zero attached hydrogens (tertiary/aromatic N) is 4. The van der Waals surface area contributed by atoms with E-state index >= 15 is 0 Å². The maximum absolute atomic E-state index is 15.0. The second-order valence-corrected chi connectivity index (χ2v) is 31.1. The standard InChI is InChI=1S/C67H95F12N8O12P3/c1-10-38-85-54-31-29-50(101(92,96-42-22-16-34-81-58(88)64(68,69)70)97-43-23-17-35-82-59(89)65(71,72)73)46-52(54)62(6,7)56(85)27-14-13-15-28-57-63(8,9)53-47-51(30-32-55(53)86(57)39-20-11-12-21-40-94-100(95-41-26-33-80)87(48(2)3)49(4)5)102(93,98-44-24-18-36-83-60(90)66(74,75)76)99-45-25-19-37-84-61(91)67(77,78)79/h13-15,27-32,46-49H,10-12,16-26,34-45H2,1-9H3,(H3-,81,82,83,84,88,89,90,91)/p+1. The lowest BCUT2D eigenvalue weighted by Gasteiger charge is -2.35. The third-order valence-electron chi connectivity index (χ3n) is 16.2. The van der Waals surface area contributed by atoms with E-state index in [4.69, 9.17) is 32.4 Å². The zero-order valence-corrected chi connectivity index (χ0v) is 61.6. The Balaban J connectivity index is 1.70. The molecule has 0 aliphatic carbocycles. The van der Waals surface area contributed by atoms with E-state index < -0.39 is 82.9 Å². The van der Waals surface area contributed by atoms with E-state index in [-0.39, 0.29) is 140 Å². The lowest BCUT2D eigenvalue weighted by Crippen LogP contribution is -2.37. The van der Waals surface area contributed by atoms with E-state index in [1.807, 2.05) is 65.0 Å². The first-order valence-electron chi connectivity index (χ1n) is 33.9. The van der Waals surface area contributed by atoms with Crippen molar-refractivity contribution in [2.75, 3.05) is 83.8 Å². The number of carbonyl (C=O) groups excluding carboxylic acids is 4. The summed E-state index contributed by atoms with van der Waals surface area (Å²) in [5.74, 6) is -8.51. The normalized spacial score (nSPS) is 15.7. The van der Waals surface area contributed by atoms with Gasteiger partial charge in [-0.2, -0.15) is 62.5 Å². The Bertz CT molecular complexity index is 3260. The number of nitrogens with one attached hydrogen (secondary N) is 4. The molecule has 2 aliphatic rings. The maximum atomic E-state index is 15.0. The van der Waals surface area contributed by atoms with Crippen molar-refractivity contribution < 1.29 is 113 Å². The summed E-state index contributed by atoms with van der Waals surface area (Å²) in [6.45, 7) is 17.2. The molecule has 2 aromatic carbocycles. The molecule has 574 valence electrons. The van der Waals surface area contributed by atoms with Crippen LogP contribution in [0.1, 0.15) is 163 Å². The van der Waals surface area contributed by atoms with Gasteiger partial charge in [0.25, 0.3) is 8.53 Å². The molecule has 2 aromatic rings. The number of rotatable bonds is 45. The van der Waals surface area contributed by atoms with Crippen molar-refractivity contribution >= 4 is 75.0 Å². The molecule has 2 heterocycles. The van der Waals surface area contributed by atoms with E-state index in [0.29, 0.717) is 44.5 Å². The first-order valence-corrected chi connectivity index (χ1v) is 38.1. The molecule has 4 rings (SSSR count). The molecule has 35 heteroatoms. The van der Waals surface area contributed by atoms with Gasteiger partial charge in [-0.15, -0.1) is 0 Å². The van der Waals surface area contributed by atoms with Gasteiger partial charge in [0.2, 0.25) is 5.69 Å². The van der Waals surface area contributed by atoms with Gasteiger partial charge in [0, 0.05) is 85.7 Å². The van der Waals surface area contributed by atoms with Crippen LogP contribution >= 0.6 is 23.7 Å². The van der Waals surface area contributed by atoms with Gasteiger partial charge in [-0.25, -0.2) is 4.67 Å². The van der Waals surface area contributed by atoms with Crippen LogP contribution in [0.15, 0.2) is 72.5 Å². The molecule has 0 fully saturated rings. The highest BCUT2D eigenvalue weighted by molar-refractivity contribution is 7.62. The highest BCUT2D eigenvalue weighted by Gasteiger charge is 2.47. The topological polar surface area (TPSA) is 239 Å². The average molecular weight is 1530 g/mol. The molecular weight excluding hydrogens is 1430 g/mol. The number of fused-ring (bicyclic) bond motifs is 2. The molecular formula is C67H96F12N8O12P3+. The zero-order valence-electron chi connectivity index (χ0n) is 59.0. The van der Waals surface area contributed by atoms with Crippen LogP contribution in [0.5, 0.6) is 0 Å². The largest absolute Gasteiger partial charge is 0.471 e. The fraction of sp³-hybridized carbons (Fsp3) is 0.642. The van der Waals surface area contributed by atoms with Crippen LogP contribution in [-0.4, -0.2) is 154 Å². The third-order valence-corrected chi connectivity index (χ3v) is 22.2. The highest BCUT2D eigenvalue weighted by Crippen LogP contribution is 2.54. The quantitative estimate of drug-likeness (QED) is 0.0159. The molecule has 1 atom stereocenters. The van der Waals surface area contributed by atoms with Crippen molar-refractivity contribution in [2.24, 2.45) is 0 Å². The molecule has 0 spiro atoms. The van der Waals surface area contributed by atoms with Crippen LogP contribution in [0, 0.1) is 11.3 Å². The minimum absolute atomic E-state index is 0.000320. The van der Waals surface area contributed by atoms with Crippen LogP contribution < -0.4 is 36.8 Å². The van der Waals surface area contributed by atoms with E-state index in [9.17, 15) is 81.0 Å². The average Bonchev–Trinajstić information content (AvgIpc) is 1.59. The summed E-state index contributed by atoms with van der Waals surface area (Å²) in [4.78, 5) is 47.6. The molecule has 0 bridgehead atoms. The summed E-state index contributed by atoms with van der Waals surface area (Å²) < 4.78 is 224. The van der Waals surface area contributed by atoms with Gasteiger partial charge < -0.3 is 53.3 Å². The predicted octanol–water partition coefficient (Wildman–Crippen LogP) is 14.7. The van der Waals surface area contributed by atoms with Gasteiger partial charge in [-0.3, -0.25) is 28.3 Å². The fourth-order valence-corrected chi connectivity index (χ4v) is 16.1. The van der Waals surface area contributed by atoms with Crippen LogP contribution in [0.2, 0.25) is 0 Å². The molecule has 4 N–H and O–H groups in total. The number of carbonyl (C=O) groups is 4. The monoisotopic (exact) mass is 1530 g/mol. The molecule has 102 heavy (non-hydrogen) atoms. The van der Waals surface area contributed by atoms with Crippen molar-refractivity contribution in [3.8, 4) is 6.07 Å². The number of nitriles is 1. The van der Waals surface area contributed by atoms with E-state index in [1.165, 1.54) is 0 Å². The first kappa shape index (κ1) is 88.7. The van der Waals surface area contributed by atoms with Crippen LogP contribution in [0.25, 0.3) is 0 Å². The summed E-state index contributed by atoms with van der Waals surface area (Å²) in [5.41, 5.74) is 3.06. The zero-order chi connectivity index (χ0) is 76.3. The van der Waals surface area contributed by atoms with Gasteiger partial charge in [-0.1, -0.05) is 45.4 Å². The second kappa shape index (κ2) is 40.7. The molecule has 0 aromatic heterocycles. The number of halogens is 12. The molecule has 0 saturated heterocycles. The molecule has 4 amide bonds. The lowest BCUT2D eigenvalue weighted by atomic mass is 9.81. The Hall–Kier alpha value is -5.73. The van der Waals surface area contributed by atoms with Crippen molar-refractivity contribution in [3.05, 3.63) is 83.6 Å². The Labute approximate surface area is 590 Å². The maximum Gasteiger partial charge on any atom is 0.471 e. The SMILES string of the molecule is CCCN1\C(=C/C=C/C=C/C2=[N+](CCCCCCOP(OCCC#N)N(C(C)C)C(C)C)c3ccc(P(=O)(OCCCCNC(=O)C(F)(F)F)OCCCCNC(=O)C(F)(F)F)cc3C2(C)C)C(C)(C)c2cc(P(=O)(OCCCCNC(=O)C(F)(F)F)OCCCCNC(=O)C(F)(F)F)ccc21. The van der Waals surface area contributed by atoms with E-state index in [2.05, 4.69) is 47.9 Å². The van der Waals surface area contributed by atoms with Gasteiger partial charge in [0.15, 0.2) is 5.71 Å². The lowest BCUT2D eigenvalue weighted by molar-refractivity contribution is -0.438. The number of amides is 4. The first-order chi connectivity index (χ1) is 47.7. The Kier molecular flexibility index (Phi) is 35.4. The summed E-state index contributed by atoms with van der Waals surface area (Å²) in [6.07, 6.45) is -6.85. The second-order valence-electron chi connectivity index (χ2n) is 25.6. The van der Waals surface area contributed by atoms with Gasteiger partial charge in [0.05, 0.1) is 68.2 Å². The number of hydrogen-bond acceptors (Lipinski definition) is 15. The molecule has 2 aliphatic heterocycles. The minimum atomic E-state index is -5.10. The number of hydrogen-bond donors (Lipinski definition) is 4. The number of unbranched alkanes of at least 4 members (excludes halogenated alkanes) is 7. The van der Waals surface area contributed by atoms with E-state index in [0.717, 1.165) is 41.2 Å². The molecule has 20 nitrogen and oxygen atoms in total.